The second-order valence-corrected chi connectivity index (χ2v) is 6.83. The Labute approximate surface area is 160 Å². The molecule has 3 aromatic rings. The summed E-state index contributed by atoms with van der Waals surface area (Å²) in [6.07, 6.45) is 1.89. The van der Waals surface area contributed by atoms with E-state index in [1.165, 1.54) is 0 Å². The van der Waals surface area contributed by atoms with Crippen LogP contribution in [0.25, 0.3) is 22.0 Å². The van der Waals surface area contributed by atoms with Crippen molar-refractivity contribution in [2.24, 2.45) is 0 Å². The molecule has 0 saturated carbocycles. The zero-order valence-electron chi connectivity index (χ0n) is 14.9. The van der Waals surface area contributed by atoms with Gasteiger partial charge in [0.1, 0.15) is 17.3 Å². The van der Waals surface area contributed by atoms with E-state index in [9.17, 15) is 0 Å². The van der Waals surface area contributed by atoms with Crippen molar-refractivity contribution >= 4 is 39.2 Å². The van der Waals surface area contributed by atoms with Crippen LogP contribution in [0.3, 0.4) is 0 Å². The highest BCUT2D eigenvalue weighted by atomic mass is 127. The highest BCUT2D eigenvalue weighted by Gasteiger charge is 2.19. The molecule has 0 radical (unpaired) electrons. The van der Waals surface area contributed by atoms with E-state index < -0.39 is 0 Å². The highest BCUT2D eigenvalue weighted by molar-refractivity contribution is 14.1. The van der Waals surface area contributed by atoms with Gasteiger partial charge in [0.2, 0.25) is 0 Å². The summed E-state index contributed by atoms with van der Waals surface area (Å²) in [5, 5.41) is 5.30. The molecule has 0 aliphatic heterocycles. The molecular formula is C19H20IN3O2. The smallest absolute Gasteiger partial charge is 0.136 e. The minimum Gasteiger partial charge on any atom is -0.496 e. The Hall–Kier alpha value is -2.09. The number of fused-ring (bicyclic) bond motifs is 1. The molecule has 1 aromatic carbocycles. The zero-order valence-corrected chi connectivity index (χ0v) is 17.1. The number of aryl methyl sites for hydroxylation is 1. The molecule has 0 spiro atoms. The second kappa shape index (κ2) is 7.03. The van der Waals surface area contributed by atoms with Gasteiger partial charge in [-0.15, -0.1) is 0 Å². The summed E-state index contributed by atoms with van der Waals surface area (Å²) in [5.41, 5.74) is 3.87. The van der Waals surface area contributed by atoms with Crippen molar-refractivity contribution in [1.82, 2.24) is 9.97 Å². The van der Waals surface area contributed by atoms with Crippen molar-refractivity contribution in [2.45, 2.75) is 13.8 Å². The lowest BCUT2D eigenvalue weighted by Gasteiger charge is -2.17. The predicted octanol–water partition coefficient (Wildman–Crippen LogP) is 4.58. The fraction of sp³-hybridized carbons (Fsp3) is 0.263. The summed E-state index contributed by atoms with van der Waals surface area (Å²) in [6, 6.07) is 6.01. The molecular weight excluding hydrogens is 429 g/mol. The molecule has 0 saturated heterocycles. The van der Waals surface area contributed by atoms with Gasteiger partial charge in [-0.2, -0.15) is 0 Å². The van der Waals surface area contributed by atoms with E-state index in [4.69, 9.17) is 14.5 Å². The maximum atomic E-state index is 5.53. The lowest BCUT2D eigenvalue weighted by molar-refractivity contribution is 0.391. The SMILES string of the molecule is CNc1nc(-c2c(C)c(OC)cc(OC)c2I)cc2cnc(C)cc12. The number of nitrogens with one attached hydrogen (secondary N) is 1. The second-order valence-electron chi connectivity index (χ2n) is 5.75. The van der Waals surface area contributed by atoms with Crippen LogP contribution in [-0.4, -0.2) is 31.2 Å². The molecule has 0 amide bonds. The number of rotatable bonds is 4. The van der Waals surface area contributed by atoms with Gasteiger partial charge in [0.25, 0.3) is 0 Å². The van der Waals surface area contributed by atoms with E-state index in [0.717, 1.165) is 54.2 Å². The fourth-order valence-corrected chi connectivity index (χ4v) is 3.99. The number of benzene rings is 1. The van der Waals surface area contributed by atoms with E-state index in [1.54, 1.807) is 14.2 Å². The topological polar surface area (TPSA) is 56.3 Å². The molecule has 0 aliphatic carbocycles. The molecule has 0 unspecified atom stereocenters. The van der Waals surface area contributed by atoms with Crippen LogP contribution in [0, 0.1) is 17.4 Å². The third-order valence-corrected chi connectivity index (χ3v) is 5.30. The van der Waals surface area contributed by atoms with Gasteiger partial charge in [-0.3, -0.25) is 4.98 Å². The average molecular weight is 449 g/mol. The Morgan fingerprint density at radius 1 is 1.04 bits per heavy atom. The van der Waals surface area contributed by atoms with Gasteiger partial charge in [-0.25, -0.2) is 4.98 Å². The van der Waals surface area contributed by atoms with Crippen LogP contribution >= 0.6 is 22.6 Å². The minimum atomic E-state index is 0.771. The number of hydrogen-bond acceptors (Lipinski definition) is 5. The molecule has 6 heteroatoms. The molecule has 130 valence electrons. The van der Waals surface area contributed by atoms with Gasteiger partial charge in [-0.1, -0.05) is 0 Å². The Balaban J connectivity index is 2.35. The molecule has 5 nitrogen and oxygen atoms in total. The van der Waals surface area contributed by atoms with Gasteiger partial charge in [0, 0.05) is 46.9 Å². The van der Waals surface area contributed by atoms with Crippen LogP contribution in [0.1, 0.15) is 11.3 Å². The molecule has 0 fully saturated rings. The van der Waals surface area contributed by atoms with Crippen LogP contribution in [0.15, 0.2) is 24.4 Å². The largest absolute Gasteiger partial charge is 0.496 e. The Bertz CT molecular complexity index is 929. The van der Waals surface area contributed by atoms with Crippen molar-refractivity contribution in [3.8, 4) is 22.8 Å². The number of hydrogen-bond donors (Lipinski definition) is 1. The molecule has 0 atom stereocenters. The van der Waals surface area contributed by atoms with Gasteiger partial charge >= 0.3 is 0 Å². The predicted molar refractivity (Wildman–Crippen MR) is 110 cm³/mol. The van der Waals surface area contributed by atoms with Crippen molar-refractivity contribution in [3.63, 3.8) is 0 Å². The summed E-state index contributed by atoms with van der Waals surface area (Å²) in [6.45, 7) is 4.01. The van der Waals surface area contributed by atoms with Gasteiger partial charge < -0.3 is 14.8 Å². The molecule has 3 rings (SSSR count). The highest BCUT2D eigenvalue weighted by Crippen LogP contribution is 2.41. The maximum absolute atomic E-state index is 5.53. The maximum Gasteiger partial charge on any atom is 0.136 e. The quantitative estimate of drug-likeness (QED) is 0.592. The third kappa shape index (κ3) is 3.10. The van der Waals surface area contributed by atoms with Crippen LogP contribution in [0.5, 0.6) is 11.5 Å². The number of halogens is 1. The fourth-order valence-electron chi connectivity index (χ4n) is 2.94. The van der Waals surface area contributed by atoms with E-state index in [1.807, 2.05) is 39.2 Å². The number of ether oxygens (including phenoxy) is 2. The Kier molecular flexibility index (Phi) is 4.99. The van der Waals surface area contributed by atoms with Crippen LogP contribution in [0.4, 0.5) is 5.82 Å². The Morgan fingerprint density at radius 3 is 2.40 bits per heavy atom. The summed E-state index contributed by atoms with van der Waals surface area (Å²) in [4.78, 5) is 9.27. The number of pyridine rings is 2. The summed E-state index contributed by atoms with van der Waals surface area (Å²) in [7, 11) is 5.21. The molecule has 2 heterocycles. The van der Waals surface area contributed by atoms with Crippen LogP contribution in [-0.2, 0) is 0 Å². The number of methoxy groups -OCH3 is 2. The normalized spacial score (nSPS) is 10.8. The molecule has 25 heavy (non-hydrogen) atoms. The van der Waals surface area contributed by atoms with E-state index in [-0.39, 0.29) is 0 Å². The van der Waals surface area contributed by atoms with Crippen molar-refractivity contribution < 1.29 is 9.47 Å². The summed E-state index contributed by atoms with van der Waals surface area (Å²) >= 11 is 2.30. The molecule has 0 aliphatic rings. The first-order chi connectivity index (χ1) is 12.0. The van der Waals surface area contributed by atoms with Crippen molar-refractivity contribution in [1.29, 1.82) is 0 Å². The molecule has 0 bridgehead atoms. The van der Waals surface area contributed by atoms with Crippen molar-refractivity contribution in [3.05, 3.63) is 39.2 Å². The minimum absolute atomic E-state index is 0.771. The van der Waals surface area contributed by atoms with E-state index >= 15 is 0 Å². The van der Waals surface area contributed by atoms with Gasteiger partial charge in [0.15, 0.2) is 0 Å². The lowest BCUT2D eigenvalue weighted by Crippen LogP contribution is -2.01. The zero-order chi connectivity index (χ0) is 18.1. The molecule has 1 N–H and O–H groups in total. The third-order valence-electron chi connectivity index (χ3n) is 4.23. The number of anilines is 1. The molecule has 2 aromatic heterocycles. The van der Waals surface area contributed by atoms with E-state index in [2.05, 4.69) is 39.0 Å². The summed E-state index contributed by atoms with van der Waals surface area (Å²) < 4.78 is 12.1. The first-order valence-electron chi connectivity index (χ1n) is 7.86. The van der Waals surface area contributed by atoms with Crippen LogP contribution in [0.2, 0.25) is 0 Å². The monoisotopic (exact) mass is 449 g/mol. The van der Waals surface area contributed by atoms with Crippen molar-refractivity contribution in [2.75, 3.05) is 26.6 Å². The van der Waals surface area contributed by atoms with Gasteiger partial charge in [-0.05, 0) is 48.6 Å². The average Bonchev–Trinajstić information content (AvgIpc) is 2.61. The van der Waals surface area contributed by atoms with Gasteiger partial charge in [0.05, 0.1) is 23.5 Å². The first kappa shape index (κ1) is 17.7. The Morgan fingerprint density at radius 2 is 1.76 bits per heavy atom. The van der Waals surface area contributed by atoms with Crippen LogP contribution < -0.4 is 14.8 Å². The standard InChI is InChI=1S/C19H20IN3O2/c1-10-6-13-12(9-22-10)7-14(23-19(13)21-3)17-11(2)15(24-4)8-16(25-5)18(17)20/h6-9H,1-5H3,(H,21,23). The lowest BCUT2D eigenvalue weighted by atomic mass is 10.0. The number of aromatic nitrogens is 2. The van der Waals surface area contributed by atoms with E-state index in [0.29, 0.717) is 0 Å². The first-order valence-corrected chi connectivity index (χ1v) is 8.94. The number of nitrogens with zero attached hydrogens (tertiary/aromatic N) is 2. The summed E-state index contributed by atoms with van der Waals surface area (Å²) in [5.74, 6) is 2.38.